The van der Waals surface area contributed by atoms with Crippen LogP contribution < -0.4 is 4.90 Å². The number of halogens is 2. The average molecular weight is 455 g/mol. The van der Waals surface area contributed by atoms with Crippen molar-refractivity contribution in [3.63, 3.8) is 0 Å². The molecule has 8 nitrogen and oxygen atoms in total. The molecule has 4 aromatic rings. The van der Waals surface area contributed by atoms with E-state index in [4.69, 9.17) is 0 Å². The summed E-state index contributed by atoms with van der Waals surface area (Å²) in [7, 11) is 1.94. The summed E-state index contributed by atoms with van der Waals surface area (Å²) in [5, 5.41) is 4.44. The molecular weight excluding hydrogens is 431 g/mol. The predicted octanol–water partition coefficient (Wildman–Crippen LogP) is 2.95. The normalized spacial score (nSPS) is 14.4. The van der Waals surface area contributed by atoms with E-state index in [-0.39, 0.29) is 18.2 Å². The van der Waals surface area contributed by atoms with Crippen LogP contribution in [0.2, 0.25) is 0 Å². The van der Waals surface area contributed by atoms with E-state index in [0.717, 1.165) is 61.2 Å². The van der Waals surface area contributed by atoms with Gasteiger partial charge in [0.1, 0.15) is 11.5 Å². The standard InChI is InChI=1S/C22H23FN8.ClH/c1-28-15-20(26-16-28)31-14-17(12-27-31)13-29-8-10-30(11-9-29)22-21(24-6-7-25-22)18-2-4-19(23)5-3-18;/h2-7,12,14-16H,8-11,13H2,1H3;1H. The largest absolute Gasteiger partial charge is 0.352 e. The van der Waals surface area contributed by atoms with Crippen LogP contribution in [0.4, 0.5) is 10.2 Å². The van der Waals surface area contributed by atoms with Crippen molar-refractivity contribution >= 4 is 18.2 Å². The summed E-state index contributed by atoms with van der Waals surface area (Å²) in [5.74, 6) is 1.40. The summed E-state index contributed by atoms with van der Waals surface area (Å²) in [6.45, 7) is 4.36. The quantitative estimate of drug-likeness (QED) is 0.462. The molecule has 0 amide bonds. The highest BCUT2D eigenvalue weighted by atomic mass is 35.5. The molecule has 0 atom stereocenters. The highest BCUT2D eigenvalue weighted by molar-refractivity contribution is 5.85. The van der Waals surface area contributed by atoms with Gasteiger partial charge in [0, 0.05) is 75.7 Å². The van der Waals surface area contributed by atoms with Crippen molar-refractivity contribution in [3.05, 3.63) is 73.0 Å². The second-order valence-corrected chi connectivity index (χ2v) is 7.69. The summed E-state index contributed by atoms with van der Waals surface area (Å²) in [6, 6.07) is 6.41. The first-order chi connectivity index (χ1) is 15.2. The van der Waals surface area contributed by atoms with E-state index in [2.05, 4.69) is 29.9 Å². The van der Waals surface area contributed by atoms with Gasteiger partial charge in [-0.05, 0) is 24.3 Å². The minimum absolute atomic E-state index is 0. The Morgan fingerprint density at radius 1 is 0.938 bits per heavy atom. The summed E-state index contributed by atoms with van der Waals surface area (Å²) < 4.78 is 17.0. The minimum Gasteiger partial charge on any atom is -0.352 e. The molecule has 5 rings (SSSR count). The van der Waals surface area contributed by atoms with Crippen molar-refractivity contribution in [2.45, 2.75) is 6.54 Å². The van der Waals surface area contributed by atoms with Gasteiger partial charge in [-0.1, -0.05) is 0 Å². The molecule has 0 bridgehead atoms. The minimum atomic E-state index is -0.255. The van der Waals surface area contributed by atoms with Crippen LogP contribution >= 0.6 is 12.4 Å². The molecule has 10 heteroatoms. The van der Waals surface area contributed by atoms with E-state index in [1.165, 1.54) is 12.1 Å². The van der Waals surface area contributed by atoms with Crippen molar-refractivity contribution in [1.29, 1.82) is 0 Å². The summed E-state index contributed by atoms with van der Waals surface area (Å²) in [6.07, 6.45) is 11.0. The molecule has 0 aliphatic carbocycles. The maximum atomic E-state index is 13.3. The maximum absolute atomic E-state index is 13.3. The van der Waals surface area contributed by atoms with Crippen LogP contribution in [-0.2, 0) is 13.6 Å². The van der Waals surface area contributed by atoms with Crippen molar-refractivity contribution in [3.8, 4) is 17.1 Å². The zero-order valence-corrected chi connectivity index (χ0v) is 18.5. The molecule has 0 spiro atoms. The van der Waals surface area contributed by atoms with Gasteiger partial charge in [-0.3, -0.25) is 9.88 Å². The maximum Gasteiger partial charge on any atom is 0.171 e. The number of imidazole rings is 1. The molecule has 1 aliphatic heterocycles. The Morgan fingerprint density at radius 3 is 2.41 bits per heavy atom. The van der Waals surface area contributed by atoms with Gasteiger partial charge in [0.2, 0.25) is 0 Å². The predicted molar refractivity (Wildman–Crippen MR) is 122 cm³/mol. The smallest absolute Gasteiger partial charge is 0.171 e. The molecule has 0 unspecified atom stereocenters. The topological polar surface area (TPSA) is 67.9 Å². The zero-order chi connectivity index (χ0) is 21.2. The number of aromatic nitrogens is 6. The van der Waals surface area contributed by atoms with Gasteiger partial charge in [0.25, 0.3) is 0 Å². The Morgan fingerprint density at radius 2 is 1.69 bits per heavy atom. The third kappa shape index (κ3) is 4.63. The summed E-state index contributed by atoms with van der Waals surface area (Å²) >= 11 is 0. The summed E-state index contributed by atoms with van der Waals surface area (Å²) in [5.41, 5.74) is 2.81. The number of anilines is 1. The number of hydrogen-bond donors (Lipinski definition) is 0. The van der Waals surface area contributed by atoms with Gasteiger partial charge in [-0.2, -0.15) is 5.10 Å². The van der Waals surface area contributed by atoms with E-state index in [9.17, 15) is 4.39 Å². The van der Waals surface area contributed by atoms with Gasteiger partial charge < -0.3 is 9.47 Å². The van der Waals surface area contributed by atoms with Gasteiger partial charge in [-0.15, -0.1) is 12.4 Å². The molecule has 1 aromatic carbocycles. The molecule has 3 aromatic heterocycles. The zero-order valence-electron chi connectivity index (χ0n) is 17.7. The Balaban J connectivity index is 0.00000245. The number of rotatable bonds is 5. The SMILES string of the molecule is Cl.Cn1cnc(-n2cc(CN3CCN(c4nccnc4-c4ccc(F)cc4)CC3)cn2)c1. The Labute approximate surface area is 191 Å². The highest BCUT2D eigenvalue weighted by Crippen LogP contribution is 2.27. The van der Waals surface area contributed by atoms with Gasteiger partial charge >= 0.3 is 0 Å². The van der Waals surface area contributed by atoms with Crippen molar-refractivity contribution in [2.24, 2.45) is 7.05 Å². The first-order valence-electron chi connectivity index (χ1n) is 10.2. The highest BCUT2D eigenvalue weighted by Gasteiger charge is 2.22. The third-order valence-corrected chi connectivity index (χ3v) is 5.44. The molecular formula is C22H24ClFN8. The Hall–Kier alpha value is -3.30. The number of benzene rings is 1. The molecule has 166 valence electrons. The van der Waals surface area contributed by atoms with E-state index in [1.54, 1.807) is 35.5 Å². The fourth-order valence-corrected chi connectivity index (χ4v) is 3.83. The third-order valence-electron chi connectivity index (χ3n) is 5.44. The van der Waals surface area contributed by atoms with Gasteiger partial charge in [-0.25, -0.2) is 19.0 Å². The van der Waals surface area contributed by atoms with E-state index in [1.807, 2.05) is 30.2 Å². The van der Waals surface area contributed by atoms with Crippen molar-refractivity contribution in [1.82, 2.24) is 34.2 Å². The molecule has 1 fully saturated rings. The number of nitrogens with zero attached hydrogens (tertiary/aromatic N) is 8. The van der Waals surface area contributed by atoms with Gasteiger partial charge in [0.05, 0.1) is 12.5 Å². The lowest BCUT2D eigenvalue weighted by molar-refractivity contribution is 0.249. The molecule has 0 radical (unpaired) electrons. The Bertz CT molecular complexity index is 1160. The summed E-state index contributed by atoms with van der Waals surface area (Å²) in [4.78, 5) is 18.1. The fourth-order valence-electron chi connectivity index (χ4n) is 3.83. The second kappa shape index (κ2) is 9.46. The van der Waals surface area contributed by atoms with Crippen molar-refractivity contribution < 1.29 is 4.39 Å². The van der Waals surface area contributed by atoms with Crippen LogP contribution in [0.5, 0.6) is 0 Å². The Kier molecular flexibility index (Phi) is 6.48. The lowest BCUT2D eigenvalue weighted by Gasteiger charge is -2.35. The molecule has 32 heavy (non-hydrogen) atoms. The lowest BCUT2D eigenvalue weighted by atomic mass is 10.1. The van der Waals surface area contributed by atoms with Gasteiger partial charge in [0.15, 0.2) is 11.6 Å². The first-order valence-corrected chi connectivity index (χ1v) is 10.2. The molecule has 4 heterocycles. The van der Waals surface area contributed by atoms with Crippen LogP contribution in [0.15, 0.2) is 61.6 Å². The number of hydrogen-bond acceptors (Lipinski definition) is 6. The van der Waals surface area contributed by atoms with E-state index < -0.39 is 0 Å². The lowest BCUT2D eigenvalue weighted by Crippen LogP contribution is -2.46. The van der Waals surface area contributed by atoms with Crippen LogP contribution in [-0.4, -0.2) is 60.4 Å². The molecule has 0 saturated carbocycles. The average Bonchev–Trinajstić information content (AvgIpc) is 3.44. The first kappa shape index (κ1) is 21.9. The molecule has 1 aliphatic rings. The number of piperazine rings is 1. The molecule has 1 saturated heterocycles. The fraction of sp³-hybridized carbons (Fsp3) is 0.273. The van der Waals surface area contributed by atoms with E-state index >= 15 is 0 Å². The monoisotopic (exact) mass is 454 g/mol. The van der Waals surface area contributed by atoms with Crippen LogP contribution in [0.1, 0.15) is 5.56 Å². The van der Waals surface area contributed by atoms with Crippen molar-refractivity contribution in [2.75, 3.05) is 31.1 Å². The van der Waals surface area contributed by atoms with Crippen LogP contribution in [0, 0.1) is 5.82 Å². The molecule has 0 N–H and O–H groups in total. The van der Waals surface area contributed by atoms with E-state index in [0.29, 0.717) is 0 Å². The number of aryl methyl sites for hydroxylation is 1. The second-order valence-electron chi connectivity index (χ2n) is 7.69. The van der Waals surface area contributed by atoms with Crippen LogP contribution in [0.25, 0.3) is 17.1 Å². The van der Waals surface area contributed by atoms with Crippen LogP contribution in [0.3, 0.4) is 0 Å².